The quantitative estimate of drug-likeness (QED) is 0.823. The van der Waals surface area contributed by atoms with Gasteiger partial charge in [-0.05, 0) is 49.4 Å². The van der Waals surface area contributed by atoms with Crippen LogP contribution >= 0.6 is 0 Å². The molecule has 4 N–H and O–H groups in total. The number of nitrogen functional groups attached to an aromatic ring is 1. The van der Waals surface area contributed by atoms with Gasteiger partial charge >= 0.3 is 0 Å². The predicted octanol–water partition coefficient (Wildman–Crippen LogP) is 2.11. The first-order valence-electron chi connectivity index (χ1n) is 6.23. The second-order valence-corrected chi connectivity index (χ2v) is 5.79. The van der Waals surface area contributed by atoms with Crippen LogP contribution in [0, 0.1) is 0 Å². The smallest absolute Gasteiger partial charge is 0.241 e. The van der Waals surface area contributed by atoms with Gasteiger partial charge in [-0.2, -0.15) is 0 Å². The van der Waals surface area contributed by atoms with Crippen LogP contribution in [0.25, 0.3) is 0 Å². The van der Waals surface area contributed by atoms with E-state index < -0.39 is 10.0 Å². The van der Waals surface area contributed by atoms with Crippen LogP contribution in [0.1, 0.15) is 6.92 Å². The van der Waals surface area contributed by atoms with E-state index in [0.29, 0.717) is 18.1 Å². The molecule has 0 amide bonds. The van der Waals surface area contributed by atoms with E-state index in [9.17, 15) is 8.42 Å². The number of primary sulfonamides is 1. The number of anilines is 1. The summed E-state index contributed by atoms with van der Waals surface area (Å²) >= 11 is 0. The van der Waals surface area contributed by atoms with Gasteiger partial charge in [0.1, 0.15) is 22.1 Å². The maximum atomic E-state index is 11.6. The van der Waals surface area contributed by atoms with Crippen LogP contribution in [0.15, 0.2) is 47.4 Å². The molecule has 0 saturated carbocycles. The summed E-state index contributed by atoms with van der Waals surface area (Å²) < 4.78 is 34.0. The Bertz CT molecular complexity index is 727. The third-order valence-corrected chi connectivity index (χ3v) is 3.57. The molecule has 0 saturated heterocycles. The van der Waals surface area contributed by atoms with Crippen molar-refractivity contribution in [1.82, 2.24) is 0 Å². The van der Waals surface area contributed by atoms with Crippen LogP contribution in [0.5, 0.6) is 17.2 Å². The number of hydrogen-bond donors (Lipinski definition) is 2. The van der Waals surface area contributed by atoms with Gasteiger partial charge in [-0.25, -0.2) is 13.6 Å². The topological polar surface area (TPSA) is 105 Å². The molecule has 112 valence electrons. The minimum absolute atomic E-state index is 0.121. The number of sulfonamides is 1. The van der Waals surface area contributed by atoms with Gasteiger partial charge in [0, 0.05) is 5.69 Å². The maximum absolute atomic E-state index is 11.6. The lowest BCUT2D eigenvalue weighted by Crippen LogP contribution is -2.13. The number of rotatable bonds is 5. The van der Waals surface area contributed by atoms with E-state index in [1.807, 2.05) is 6.92 Å². The molecule has 0 spiro atoms. The Morgan fingerprint density at radius 3 is 2.24 bits per heavy atom. The van der Waals surface area contributed by atoms with Crippen molar-refractivity contribution in [2.45, 2.75) is 11.8 Å². The summed E-state index contributed by atoms with van der Waals surface area (Å²) in [5.74, 6) is 1.29. The first kappa shape index (κ1) is 15.1. The van der Waals surface area contributed by atoms with Crippen molar-refractivity contribution in [3.05, 3.63) is 42.5 Å². The van der Waals surface area contributed by atoms with Gasteiger partial charge in [0.25, 0.3) is 0 Å². The number of ether oxygens (including phenoxy) is 2. The van der Waals surface area contributed by atoms with Gasteiger partial charge in [-0.3, -0.25) is 0 Å². The third kappa shape index (κ3) is 3.87. The van der Waals surface area contributed by atoms with E-state index in [-0.39, 0.29) is 16.3 Å². The van der Waals surface area contributed by atoms with Gasteiger partial charge in [0.2, 0.25) is 10.0 Å². The number of hydrogen-bond acceptors (Lipinski definition) is 5. The SMILES string of the molecule is CCOc1ccc(Oc2ccc(N)cc2S(N)(=O)=O)cc1. The van der Waals surface area contributed by atoms with E-state index in [2.05, 4.69) is 0 Å². The molecular formula is C14H16N2O4S. The Labute approximate surface area is 123 Å². The molecule has 0 unspecified atom stereocenters. The molecule has 2 rings (SSSR count). The molecule has 2 aromatic rings. The number of benzene rings is 2. The highest BCUT2D eigenvalue weighted by molar-refractivity contribution is 7.89. The van der Waals surface area contributed by atoms with Gasteiger partial charge < -0.3 is 15.2 Å². The first-order valence-corrected chi connectivity index (χ1v) is 7.78. The van der Waals surface area contributed by atoms with Crippen LogP contribution in [-0.2, 0) is 10.0 Å². The lowest BCUT2D eigenvalue weighted by atomic mass is 10.3. The zero-order chi connectivity index (χ0) is 15.5. The Balaban J connectivity index is 2.31. The van der Waals surface area contributed by atoms with Crippen molar-refractivity contribution >= 4 is 15.7 Å². The molecule has 2 aromatic carbocycles. The lowest BCUT2D eigenvalue weighted by molar-refractivity contribution is 0.339. The van der Waals surface area contributed by atoms with Crippen LogP contribution in [0.2, 0.25) is 0 Å². The third-order valence-electron chi connectivity index (χ3n) is 2.64. The fourth-order valence-corrected chi connectivity index (χ4v) is 2.42. The summed E-state index contributed by atoms with van der Waals surface area (Å²) in [6.45, 7) is 2.45. The molecule has 0 aliphatic rings. The van der Waals surface area contributed by atoms with Gasteiger partial charge in [-0.1, -0.05) is 0 Å². The van der Waals surface area contributed by atoms with Crippen LogP contribution in [0.4, 0.5) is 5.69 Å². The van der Waals surface area contributed by atoms with Crippen LogP contribution < -0.4 is 20.3 Å². The summed E-state index contributed by atoms with van der Waals surface area (Å²) in [6, 6.07) is 11.1. The zero-order valence-electron chi connectivity index (χ0n) is 11.4. The molecule has 0 bridgehead atoms. The molecule has 21 heavy (non-hydrogen) atoms. The molecule has 0 aliphatic heterocycles. The Morgan fingerprint density at radius 1 is 1.05 bits per heavy atom. The minimum Gasteiger partial charge on any atom is -0.494 e. The number of nitrogens with two attached hydrogens (primary N) is 2. The predicted molar refractivity (Wildman–Crippen MR) is 79.9 cm³/mol. The first-order chi connectivity index (χ1) is 9.90. The molecule has 0 radical (unpaired) electrons. The zero-order valence-corrected chi connectivity index (χ0v) is 12.3. The average molecular weight is 308 g/mol. The highest BCUT2D eigenvalue weighted by atomic mass is 32.2. The fourth-order valence-electron chi connectivity index (χ4n) is 1.73. The van der Waals surface area contributed by atoms with Crippen LogP contribution in [0.3, 0.4) is 0 Å². The summed E-state index contributed by atoms with van der Waals surface area (Å²) in [6.07, 6.45) is 0. The van der Waals surface area contributed by atoms with E-state index >= 15 is 0 Å². The Kier molecular flexibility index (Phi) is 4.35. The van der Waals surface area contributed by atoms with Crippen molar-refractivity contribution in [1.29, 1.82) is 0 Å². The van der Waals surface area contributed by atoms with Gasteiger partial charge in [0.15, 0.2) is 0 Å². The molecule has 7 heteroatoms. The summed E-state index contributed by atoms with van der Waals surface area (Å²) in [7, 11) is -3.92. The molecule has 0 atom stereocenters. The van der Waals surface area contributed by atoms with Crippen LogP contribution in [-0.4, -0.2) is 15.0 Å². The Hall–Kier alpha value is -2.25. The highest BCUT2D eigenvalue weighted by Crippen LogP contribution is 2.30. The molecular weight excluding hydrogens is 292 g/mol. The lowest BCUT2D eigenvalue weighted by Gasteiger charge is -2.11. The van der Waals surface area contributed by atoms with Gasteiger partial charge in [-0.15, -0.1) is 0 Å². The molecule has 0 fully saturated rings. The molecule has 0 aromatic heterocycles. The van der Waals surface area contributed by atoms with E-state index in [1.54, 1.807) is 30.3 Å². The van der Waals surface area contributed by atoms with Crippen molar-refractivity contribution < 1.29 is 17.9 Å². The second kappa shape index (κ2) is 6.02. The van der Waals surface area contributed by atoms with E-state index in [1.165, 1.54) is 12.1 Å². The highest BCUT2D eigenvalue weighted by Gasteiger charge is 2.16. The largest absolute Gasteiger partial charge is 0.494 e. The minimum atomic E-state index is -3.92. The van der Waals surface area contributed by atoms with Crippen molar-refractivity contribution in [2.75, 3.05) is 12.3 Å². The van der Waals surface area contributed by atoms with Crippen molar-refractivity contribution in [2.24, 2.45) is 5.14 Å². The van der Waals surface area contributed by atoms with Crippen molar-refractivity contribution in [3.8, 4) is 17.2 Å². The Morgan fingerprint density at radius 2 is 1.67 bits per heavy atom. The molecule has 6 nitrogen and oxygen atoms in total. The fraction of sp³-hybridized carbons (Fsp3) is 0.143. The summed E-state index contributed by atoms with van der Waals surface area (Å²) in [5.41, 5.74) is 5.87. The monoisotopic (exact) mass is 308 g/mol. The summed E-state index contributed by atoms with van der Waals surface area (Å²) in [5, 5.41) is 5.16. The van der Waals surface area contributed by atoms with Gasteiger partial charge in [0.05, 0.1) is 6.61 Å². The van der Waals surface area contributed by atoms with E-state index in [4.69, 9.17) is 20.3 Å². The molecule has 0 heterocycles. The maximum Gasteiger partial charge on any atom is 0.241 e. The normalized spacial score (nSPS) is 11.1. The average Bonchev–Trinajstić information content (AvgIpc) is 2.42. The van der Waals surface area contributed by atoms with Crippen molar-refractivity contribution in [3.63, 3.8) is 0 Å². The molecule has 0 aliphatic carbocycles. The second-order valence-electron chi connectivity index (χ2n) is 4.26. The standard InChI is InChI=1S/C14H16N2O4S/c1-2-19-11-4-6-12(7-5-11)20-13-8-3-10(15)9-14(13)21(16,17)18/h3-9H,2,15H2,1H3,(H2,16,17,18). The summed E-state index contributed by atoms with van der Waals surface area (Å²) in [4.78, 5) is -0.156. The van der Waals surface area contributed by atoms with E-state index in [0.717, 1.165) is 0 Å².